The zero-order valence-electron chi connectivity index (χ0n) is 14.8. The standard InChI is InChI=1S/C18H21ClN2O5S/c1-27(24,25)21(12-14-2-4-15(19)5-3-14)16-6-8-17(9-7-16)26-13-18(23)20-10-11-22/h2-9,22H,10-13H2,1H3,(H,20,23). The van der Waals surface area contributed by atoms with E-state index in [9.17, 15) is 13.2 Å². The lowest BCUT2D eigenvalue weighted by molar-refractivity contribution is -0.123. The summed E-state index contributed by atoms with van der Waals surface area (Å²) in [4.78, 5) is 11.5. The third-order valence-electron chi connectivity index (χ3n) is 3.57. The van der Waals surface area contributed by atoms with Gasteiger partial charge in [0.05, 0.1) is 25.1 Å². The van der Waals surface area contributed by atoms with Gasteiger partial charge in [0.25, 0.3) is 5.91 Å². The number of carbonyl (C=O) groups excluding carboxylic acids is 1. The Labute approximate surface area is 163 Å². The van der Waals surface area contributed by atoms with Crippen LogP contribution in [0, 0.1) is 0 Å². The quantitative estimate of drug-likeness (QED) is 0.654. The van der Waals surface area contributed by atoms with Crippen LogP contribution in [0.4, 0.5) is 5.69 Å². The predicted octanol–water partition coefficient (Wildman–Crippen LogP) is 1.79. The first-order chi connectivity index (χ1) is 12.8. The number of sulfonamides is 1. The number of hydrogen-bond acceptors (Lipinski definition) is 5. The predicted molar refractivity (Wildman–Crippen MR) is 105 cm³/mol. The number of nitrogens with one attached hydrogen (secondary N) is 1. The van der Waals surface area contributed by atoms with Gasteiger partial charge in [0.2, 0.25) is 10.0 Å². The Morgan fingerprint density at radius 2 is 1.78 bits per heavy atom. The van der Waals surface area contributed by atoms with Crippen LogP contribution in [0.5, 0.6) is 5.75 Å². The maximum Gasteiger partial charge on any atom is 0.258 e. The van der Waals surface area contributed by atoms with Crippen molar-refractivity contribution < 1.29 is 23.1 Å². The average molecular weight is 413 g/mol. The molecule has 27 heavy (non-hydrogen) atoms. The summed E-state index contributed by atoms with van der Waals surface area (Å²) in [6.45, 7) is -0.00971. The van der Waals surface area contributed by atoms with Gasteiger partial charge in [-0.25, -0.2) is 8.42 Å². The Bertz CT molecular complexity index is 854. The zero-order valence-corrected chi connectivity index (χ0v) is 16.3. The van der Waals surface area contributed by atoms with Crippen LogP contribution in [-0.4, -0.2) is 45.4 Å². The number of amides is 1. The fourth-order valence-electron chi connectivity index (χ4n) is 2.26. The number of ether oxygens (including phenoxy) is 1. The molecule has 0 fully saturated rings. The lowest BCUT2D eigenvalue weighted by atomic mass is 10.2. The van der Waals surface area contributed by atoms with Crippen LogP contribution in [-0.2, 0) is 21.4 Å². The molecule has 0 aliphatic heterocycles. The molecule has 9 heteroatoms. The smallest absolute Gasteiger partial charge is 0.258 e. The largest absolute Gasteiger partial charge is 0.484 e. The summed E-state index contributed by atoms with van der Waals surface area (Å²) in [5.74, 6) is 0.0754. The Morgan fingerprint density at radius 1 is 1.15 bits per heavy atom. The molecular formula is C18H21ClN2O5S. The molecule has 0 heterocycles. The van der Waals surface area contributed by atoms with Crippen LogP contribution >= 0.6 is 11.6 Å². The Kier molecular flexibility index (Phi) is 7.46. The van der Waals surface area contributed by atoms with E-state index >= 15 is 0 Å². The van der Waals surface area contributed by atoms with E-state index < -0.39 is 10.0 Å². The van der Waals surface area contributed by atoms with E-state index in [0.717, 1.165) is 11.8 Å². The Hall–Kier alpha value is -2.29. The van der Waals surface area contributed by atoms with Gasteiger partial charge in [-0.3, -0.25) is 9.10 Å². The molecule has 0 saturated carbocycles. The topological polar surface area (TPSA) is 95.9 Å². The van der Waals surface area contributed by atoms with Crippen molar-refractivity contribution in [3.8, 4) is 5.75 Å². The first kappa shape index (κ1) is 21.0. The number of halogens is 1. The van der Waals surface area contributed by atoms with Gasteiger partial charge in [0, 0.05) is 11.6 Å². The minimum Gasteiger partial charge on any atom is -0.484 e. The molecule has 0 radical (unpaired) electrons. The van der Waals surface area contributed by atoms with Crippen molar-refractivity contribution >= 4 is 33.2 Å². The molecule has 0 spiro atoms. The molecule has 7 nitrogen and oxygen atoms in total. The molecular weight excluding hydrogens is 392 g/mol. The van der Waals surface area contributed by atoms with E-state index in [2.05, 4.69) is 5.32 Å². The van der Waals surface area contributed by atoms with Crippen LogP contribution in [0.15, 0.2) is 48.5 Å². The highest BCUT2D eigenvalue weighted by Crippen LogP contribution is 2.24. The van der Waals surface area contributed by atoms with Gasteiger partial charge in [0.1, 0.15) is 5.75 Å². The number of hydrogen-bond donors (Lipinski definition) is 2. The molecule has 0 atom stereocenters. The molecule has 0 unspecified atom stereocenters. The highest BCUT2D eigenvalue weighted by atomic mass is 35.5. The van der Waals surface area contributed by atoms with Crippen molar-refractivity contribution in [3.63, 3.8) is 0 Å². The number of nitrogens with zero attached hydrogens (tertiary/aromatic N) is 1. The first-order valence-corrected chi connectivity index (χ1v) is 10.3. The Morgan fingerprint density at radius 3 is 2.33 bits per heavy atom. The molecule has 146 valence electrons. The van der Waals surface area contributed by atoms with Crippen molar-refractivity contribution in [2.45, 2.75) is 6.54 Å². The number of anilines is 1. The summed E-state index contributed by atoms with van der Waals surface area (Å²) in [7, 11) is -3.50. The summed E-state index contributed by atoms with van der Waals surface area (Å²) in [6.07, 6.45) is 1.14. The Balaban J connectivity index is 2.08. The monoisotopic (exact) mass is 412 g/mol. The van der Waals surface area contributed by atoms with Crippen molar-refractivity contribution in [3.05, 3.63) is 59.1 Å². The second kappa shape index (κ2) is 9.59. The van der Waals surface area contributed by atoms with Gasteiger partial charge in [-0.1, -0.05) is 23.7 Å². The average Bonchev–Trinajstić information content (AvgIpc) is 2.64. The van der Waals surface area contributed by atoms with E-state index in [1.165, 1.54) is 4.31 Å². The summed E-state index contributed by atoms with van der Waals surface area (Å²) in [6, 6.07) is 13.3. The molecule has 2 N–H and O–H groups in total. The first-order valence-electron chi connectivity index (χ1n) is 8.12. The van der Waals surface area contributed by atoms with E-state index in [4.69, 9.17) is 21.4 Å². The van der Waals surface area contributed by atoms with Crippen molar-refractivity contribution in [2.24, 2.45) is 0 Å². The van der Waals surface area contributed by atoms with Crippen LogP contribution in [0.25, 0.3) is 0 Å². The zero-order chi connectivity index (χ0) is 19.9. The summed E-state index contributed by atoms with van der Waals surface area (Å²) < 4.78 is 31.0. The van der Waals surface area contributed by atoms with E-state index in [1.807, 2.05) is 0 Å². The molecule has 1 amide bonds. The third-order valence-corrected chi connectivity index (χ3v) is 4.96. The molecule has 0 aliphatic carbocycles. The van der Waals surface area contributed by atoms with Crippen molar-refractivity contribution in [2.75, 3.05) is 30.3 Å². The number of aliphatic hydroxyl groups is 1. The normalized spacial score (nSPS) is 11.1. The van der Waals surface area contributed by atoms with Crippen molar-refractivity contribution in [1.29, 1.82) is 0 Å². The number of aliphatic hydroxyl groups excluding tert-OH is 1. The second-order valence-electron chi connectivity index (χ2n) is 5.75. The number of rotatable bonds is 9. The minimum absolute atomic E-state index is 0.143. The van der Waals surface area contributed by atoms with Gasteiger partial charge in [-0.15, -0.1) is 0 Å². The lowest BCUT2D eigenvalue weighted by Crippen LogP contribution is -2.31. The highest BCUT2D eigenvalue weighted by Gasteiger charge is 2.18. The van der Waals surface area contributed by atoms with Gasteiger partial charge in [-0.2, -0.15) is 0 Å². The van der Waals surface area contributed by atoms with Crippen molar-refractivity contribution in [1.82, 2.24) is 5.32 Å². The lowest BCUT2D eigenvalue weighted by Gasteiger charge is -2.23. The third kappa shape index (κ3) is 6.74. The summed E-state index contributed by atoms with van der Waals surface area (Å²) >= 11 is 5.87. The number of benzene rings is 2. The highest BCUT2D eigenvalue weighted by molar-refractivity contribution is 7.92. The van der Waals surface area contributed by atoms with Gasteiger partial charge >= 0.3 is 0 Å². The molecule has 0 saturated heterocycles. The molecule has 2 aromatic carbocycles. The van der Waals surface area contributed by atoms with Crippen LogP contribution in [0.1, 0.15) is 5.56 Å². The van der Waals surface area contributed by atoms with Crippen LogP contribution in [0.3, 0.4) is 0 Å². The van der Waals surface area contributed by atoms with Gasteiger partial charge in [0.15, 0.2) is 6.61 Å². The van der Waals surface area contributed by atoms with Gasteiger partial charge in [-0.05, 0) is 42.0 Å². The molecule has 0 bridgehead atoms. The maximum absolute atomic E-state index is 12.2. The minimum atomic E-state index is -3.50. The van der Waals surface area contributed by atoms with Crippen LogP contribution < -0.4 is 14.4 Å². The van der Waals surface area contributed by atoms with Gasteiger partial charge < -0.3 is 15.2 Å². The molecule has 2 aromatic rings. The maximum atomic E-state index is 12.2. The number of carbonyl (C=O) groups is 1. The van der Waals surface area contributed by atoms with E-state index in [1.54, 1.807) is 48.5 Å². The SMILES string of the molecule is CS(=O)(=O)N(Cc1ccc(Cl)cc1)c1ccc(OCC(=O)NCCO)cc1. The molecule has 0 aromatic heterocycles. The van der Waals surface area contributed by atoms with E-state index in [-0.39, 0.29) is 32.2 Å². The van der Waals surface area contributed by atoms with E-state index in [0.29, 0.717) is 16.5 Å². The second-order valence-corrected chi connectivity index (χ2v) is 8.10. The molecule has 0 aliphatic rings. The fraction of sp³-hybridized carbons (Fsp3) is 0.278. The summed E-state index contributed by atoms with van der Waals surface area (Å²) in [5.41, 5.74) is 1.27. The summed E-state index contributed by atoms with van der Waals surface area (Å²) in [5, 5.41) is 11.7. The molecule has 2 rings (SSSR count). The fourth-order valence-corrected chi connectivity index (χ4v) is 3.27. The van der Waals surface area contributed by atoms with Crippen LogP contribution in [0.2, 0.25) is 5.02 Å².